The molecule has 5 rings (SSSR count). The summed E-state index contributed by atoms with van der Waals surface area (Å²) in [6.45, 7) is 9.74. The maximum Gasteiger partial charge on any atom is 0.434 e. The molecule has 17 heteroatoms. The summed E-state index contributed by atoms with van der Waals surface area (Å²) >= 11 is 0.743. The quantitative estimate of drug-likeness (QED) is 0.176. The van der Waals surface area contributed by atoms with E-state index < -0.39 is 53.0 Å². The number of hydrogen-bond donors (Lipinski definition) is 3. The number of nitrogens with zero attached hydrogens (tertiary/aromatic N) is 4. The fourth-order valence-corrected chi connectivity index (χ4v) is 6.89. The Morgan fingerprint density at radius 1 is 1.14 bits per heavy atom. The number of aromatic nitrogens is 3. The number of morpholine rings is 1. The zero-order chi connectivity index (χ0) is 37.2. The summed E-state index contributed by atoms with van der Waals surface area (Å²) in [4.78, 5) is 61.0. The van der Waals surface area contributed by atoms with Crippen molar-refractivity contribution in [3.8, 4) is 21.7 Å². The van der Waals surface area contributed by atoms with Crippen LogP contribution in [-0.4, -0.2) is 81.1 Å². The summed E-state index contributed by atoms with van der Waals surface area (Å²) in [6, 6.07) is 4.83. The molecule has 0 radical (unpaired) electrons. The summed E-state index contributed by atoms with van der Waals surface area (Å²) in [5.41, 5.74) is -1.33. The van der Waals surface area contributed by atoms with Gasteiger partial charge in [-0.15, -0.1) is 11.3 Å². The van der Waals surface area contributed by atoms with Crippen molar-refractivity contribution < 1.29 is 42.1 Å². The van der Waals surface area contributed by atoms with Crippen LogP contribution in [0.4, 0.5) is 28.6 Å². The number of esters is 1. The zero-order valence-corrected chi connectivity index (χ0v) is 29.3. The van der Waals surface area contributed by atoms with Crippen LogP contribution in [0.2, 0.25) is 0 Å². The Balaban J connectivity index is 1.70. The highest BCUT2D eigenvalue weighted by atomic mass is 32.1. The number of amides is 3. The van der Waals surface area contributed by atoms with Gasteiger partial charge < -0.3 is 24.5 Å². The van der Waals surface area contributed by atoms with E-state index in [1.165, 1.54) is 29.4 Å². The topological polar surface area (TPSA) is 165 Å². The van der Waals surface area contributed by atoms with Crippen molar-refractivity contribution in [2.45, 2.75) is 59.5 Å². The molecule has 1 fully saturated rings. The number of urea groups is 1. The number of alkyl halides is 3. The van der Waals surface area contributed by atoms with E-state index >= 15 is 0 Å². The van der Waals surface area contributed by atoms with Crippen LogP contribution >= 0.6 is 11.3 Å². The smallest absolute Gasteiger partial charge is 0.434 e. The molecule has 272 valence electrons. The van der Waals surface area contributed by atoms with Crippen molar-refractivity contribution in [2.75, 3.05) is 31.6 Å². The number of carboxylic acid groups (broad SMARTS) is 1. The van der Waals surface area contributed by atoms with E-state index in [2.05, 4.69) is 20.6 Å². The third-order valence-corrected chi connectivity index (χ3v) is 9.13. The molecule has 1 aromatic carbocycles. The molecule has 0 saturated carbocycles. The molecule has 0 aliphatic carbocycles. The molecule has 1 aliphatic rings. The molecule has 1 aliphatic heterocycles. The Hall–Kier alpha value is -5.03. The SMILES string of the molecule is CCNC(=O)Nc1cc(-c2nc(C(F)(F)F)cs2)c(-c2ccc3c(c2)c(=O)c(C(=O)OCC)cn3CC2[C@@H](C(C)(C)C)OCCN2C(=O)O)cn1. The van der Waals surface area contributed by atoms with Crippen molar-refractivity contribution in [3.05, 3.63) is 63.5 Å². The van der Waals surface area contributed by atoms with Gasteiger partial charge in [0, 0.05) is 53.9 Å². The van der Waals surface area contributed by atoms with E-state index in [1.807, 2.05) is 20.8 Å². The lowest BCUT2D eigenvalue weighted by Crippen LogP contribution is -2.58. The molecule has 51 heavy (non-hydrogen) atoms. The predicted octanol–water partition coefficient (Wildman–Crippen LogP) is 6.32. The lowest BCUT2D eigenvalue weighted by Gasteiger charge is -2.45. The van der Waals surface area contributed by atoms with Gasteiger partial charge in [-0.3, -0.25) is 15.0 Å². The Labute approximate surface area is 294 Å². The van der Waals surface area contributed by atoms with Crippen molar-refractivity contribution in [3.63, 3.8) is 0 Å². The lowest BCUT2D eigenvalue weighted by molar-refractivity contribution is -0.140. The van der Waals surface area contributed by atoms with Crippen molar-refractivity contribution >= 4 is 46.2 Å². The van der Waals surface area contributed by atoms with Gasteiger partial charge in [0.25, 0.3) is 0 Å². The van der Waals surface area contributed by atoms with E-state index in [4.69, 9.17) is 9.47 Å². The second-order valence-corrected chi connectivity index (χ2v) is 13.7. The van der Waals surface area contributed by atoms with Gasteiger partial charge >= 0.3 is 24.3 Å². The molecule has 1 unspecified atom stereocenters. The number of rotatable bonds is 8. The van der Waals surface area contributed by atoms with Crippen LogP contribution in [-0.2, 0) is 22.2 Å². The van der Waals surface area contributed by atoms with Gasteiger partial charge in [0.15, 0.2) is 5.69 Å². The number of carbonyl (C=O) groups excluding carboxylic acids is 2. The van der Waals surface area contributed by atoms with Crippen LogP contribution in [0.5, 0.6) is 0 Å². The fraction of sp³-hybridized carbons (Fsp3) is 0.412. The van der Waals surface area contributed by atoms with Crippen molar-refractivity contribution in [1.82, 2.24) is 24.8 Å². The van der Waals surface area contributed by atoms with Gasteiger partial charge in [0.1, 0.15) is 16.4 Å². The van der Waals surface area contributed by atoms with Crippen LogP contribution in [0.3, 0.4) is 0 Å². The first-order valence-corrected chi connectivity index (χ1v) is 16.9. The number of nitrogens with one attached hydrogen (secondary N) is 2. The Morgan fingerprint density at radius 3 is 2.51 bits per heavy atom. The minimum atomic E-state index is -4.70. The number of anilines is 1. The highest BCUT2D eigenvalue weighted by Crippen LogP contribution is 2.39. The summed E-state index contributed by atoms with van der Waals surface area (Å²) in [6.07, 6.45) is -3.69. The monoisotopic (exact) mass is 730 g/mol. The normalized spacial score (nSPS) is 16.6. The van der Waals surface area contributed by atoms with Crippen LogP contribution in [0, 0.1) is 5.41 Å². The van der Waals surface area contributed by atoms with Gasteiger partial charge in [-0.05, 0) is 43.0 Å². The van der Waals surface area contributed by atoms with Crippen LogP contribution in [0.15, 0.2) is 46.8 Å². The molecule has 3 aromatic heterocycles. The molecule has 3 N–H and O–H groups in total. The Bertz CT molecular complexity index is 2020. The summed E-state index contributed by atoms with van der Waals surface area (Å²) in [5.74, 6) is -0.834. The maximum absolute atomic E-state index is 13.9. The molecule has 1 saturated heterocycles. The number of carbonyl (C=O) groups is 3. The molecule has 3 amide bonds. The standard InChI is InChI=1S/C34H37F3N6O7S/c1-6-38-31(46)41-26-13-19(29-40-25(17-51-29)34(35,36)37)21(14-39-26)18-8-9-23-20(12-18)27(44)22(30(45)49-7-2)15-42(23)16-24-28(33(3,4)5)50-11-10-43(24)32(47)48/h8-9,12-15,17,24,28H,6-7,10-11,16H2,1-5H3,(H,47,48)(H2,38,39,41,46)/t24?,28-/m0/s1. The van der Waals surface area contributed by atoms with Crippen molar-refractivity contribution in [2.24, 2.45) is 5.41 Å². The fourth-order valence-electron chi connectivity index (χ4n) is 6.03. The van der Waals surface area contributed by atoms with Gasteiger partial charge in [-0.2, -0.15) is 13.2 Å². The number of fused-ring (bicyclic) bond motifs is 1. The molecule has 0 spiro atoms. The Kier molecular flexibility index (Phi) is 10.7. The van der Waals surface area contributed by atoms with Crippen molar-refractivity contribution in [1.29, 1.82) is 0 Å². The van der Waals surface area contributed by atoms with E-state index in [1.54, 1.807) is 30.5 Å². The third kappa shape index (κ3) is 7.99. The van der Waals surface area contributed by atoms with Crippen LogP contribution in [0.1, 0.15) is 50.7 Å². The first-order valence-electron chi connectivity index (χ1n) is 16.1. The molecule has 4 heterocycles. The summed E-state index contributed by atoms with van der Waals surface area (Å²) in [5, 5.41) is 16.1. The number of thiazole rings is 1. The van der Waals surface area contributed by atoms with E-state index in [-0.39, 0.29) is 53.6 Å². The number of benzene rings is 1. The molecule has 4 aromatic rings. The second-order valence-electron chi connectivity index (χ2n) is 12.8. The molecular weight excluding hydrogens is 693 g/mol. The number of ether oxygens (including phenoxy) is 2. The van der Waals surface area contributed by atoms with E-state index in [0.29, 0.717) is 23.2 Å². The van der Waals surface area contributed by atoms with E-state index in [0.717, 1.165) is 16.7 Å². The van der Waals surface area contributed by atoms with Gasteiger partial charge in [-0.1, -0.05) is 26.8 Å². The minimum Gasteiger partial charge on any atom is -0.465 e. The average molecular weight is 731 g/mol. The number of pyridine rings is 2. The highest BCUT2D eigenvalue weighted by molar-refractivity contribution is 7.13. The zero-order valence-electron chi connectivity index (χ0n) is 28.5. The second kappa shape index (κ2) is 14.7. The first kappa shape index (κ1) is 37.2. The lowest BCUT2D eigenvalue weighted by atomic mass is 9.83. The molecular formula is C34H37F3N6O7S. The third-order valence-electron chi connectivity index (χ3n) is 8.26. The molecule has 2 atom stereocenters. The Morgan fingerprint density at radius 2 is 1.88 bits per heavy atom. The largest absolute Gasteiger partial charge is 0.465 e. The van der Waals surface area contributed by atoms with Gasteiger partial charge in [0.2, 0.25) is 5.43 Å². The molecule has 13 nitrogen and oxygen atoms in total. The minimum absolute atomic E-state index is 0.00880. The van der Waals surface area contributed by atoms with Crippen LogP contribution < -0.4 is 16.1 Å². The van der Waals surface area contributed by atoms with Crippen LogP contribution in [0.25, 0.3) is 32.6 Å². The van der Waals surface area contributed by atoms with E-state index in [9.17, 15) is 37.5 Å². The summed E-state index contributed by atoms with van der Waals surface area (Å²) < 4.78 is 53.6. The highest BCUT2D eigenvalue weighted by Gasteiger charge is 2.42. The number of halogens is 3. The first-order chi connectivity index (χ1) is 24.0. The molecule has 0 bridgehead atoms. The maximum atomic E-state index is 13.9. The summed E-state index contributed by atoms with van der Waals surface area (Å²) in [7, 11) is 0. The number of hydrogen-bond acceptors (Lipinski definition) is 9. The average Bonchev–Trinajstić information content (AvgIpc) is 3.57. The van der Waals surface area contributed by atoms with Gasteiger partial charge in [0.05, 0.1) is 30.9 Å². The van der Waals surface area contributed by atoms with Gasteiger partial charge in [-0.25, -0.2) is 24.4 Å². The predicted molar refractivity (Wildman–Crippen MR) is 184 cm³/mol.